The number of anilines is 1. The molecule has 5 heteroatoms. The molecule has 1 heterocycles. The number of hydrogen-bond acceptors (Lipinski definition) is 4. The van der Waals surface area contributed by atoms with Crippen molar-refractivity contribution in [1.82, 2.24) is 9.97 Å². The molecule has 0 saturated heterocycles. The Bertz CT molecular complexity index is 440. The third kappa shape index (κ3) is 2.44. The lowest BCUT2D eigenvalue weighted by Gasteiger charge is -2.26. The van der Waals surface area contributed by atoms with E-state index in [1.54, 1.807) is 0 Å². The summed E-state index contributed by atoms with van der Waals surface area (Å²) in [5, 5.41) is 12.5. The van der Waals surface area contributed by atoms with Crippen molar-refractivity contribution in [2.75, 3.05) is 5.32 Å². The van der Waals surface area contributed by atoms with Gasteiger partial charge in [-0.1, -0.05) is 26.7 Å². The molecule has 0 aromatic carbocycles. The lowest BCUT2D eigenvalue weighted by Crippen LogP contribution is -2.43. The van der Waals surface area contributed by atoms with E-state index < -0.39 is 11.5 Å². The number of nitrogens with one attached hydrogen (secondary N) is 1. The summed E-state index contributed by atoms with van der Waals surface area (Å²) in [6.45, 7) is 4.10. The van der Waals surface area contributed by atoms with E-state index in [2.05, 4.69) is 29.1 Å². The highest BCUT2D eigenvalue weighted by Crippen LogP contribution is 2.33. The molecule has 0 spiro atoms. The Hall–Kier alpha value is -1.65. The second-order valence-electron chi connectivity index (χ2n) is 5.20. The molecule has 0 aliphatic heterocycles. The van der Waals surface area contributed by atoms with Crippen molar-refractivity contribution in [3.63, 3.8) is 0 Å². The number of carboxylic acids is 1. The van der Waals surface area contributed by atoms with Crippen LogP contribution in [0.5, 0.6) is 0 Å². The third-order valence-corrected chi connectivity index (χ3v) is 3.51. The fourth-order valence-electron chi connectivity index (χ4n) is 2.37. The first-order valence-corrected chi connectivity index (χ1v) is 6.37. The minimum atomic E-state index is -0.845. The molecule has 1 aliphatic carbocycles. The summed E-state index contributed by atoms with van der Waals surface area (Å²) in [4.78, 5) is 19.8. The SMILES string of the molecule is CC(C)c1cc(NC2(C(=O)O)CCCC2)ncn1. The smallest absolute Gasteiger partial charge is 0.329 e. The number of hydrogen-bond donors (Lipinski definition) is 2. The summed E-state index contributed by atoms with van der Waals surface area (Å²) >= 11 is 0. The quantitative estimate of drug-likeness (QED) is 0.857. The van der Waals surface area contributed by atoms with Gasteiger partial charge in [-0.15, -0.1) is 0 Å². The van der Waals surface area contributed by atoms with Crippen LogP contribution >= 0.6 is 0 Å². The highest BCUT2D eigenvalue weighted by molar-refractivity contribution is 5.82. The van der Waals surface area contributed by atoms with Crippen LogP contribution in [0.15, 0.2) is 12.4 Å². The van der Waals surface area contributed by atoms with Gasteiger partial charge in [-0.2, -0.15) is 0 Å². The van der Waals surface area contributed by atoms with E-state index in [-0.39, 0.29) is 0 Å². The molecular formula is C13H19N3O2. The first kappa shape index (κ1) is 12.8. The van der Waals surface area contributed by atoms with Crippen molar-refractivity contribution in [2.24, 2.45) is 0 Å². The molecule has 1 saturated carbocycles. The van der Waals surface area contributed by atoms with Crippen molar-refractivity contribution in [3.8, 4) is 0 Å². The van der Waals surface area contributed by atoms with Crippen LogP contribution in [0, 0.1) is 0 Å². The molecule has 5 nitrogen and oxygen atoms in total. The molecule has 98 valence electrons. The van der Waals surface area contributed by atoms with Crippen molar-refractivity contribution < 1.29 is 9.90 Å². The first-order valence-electron chi connectivity index (χ1n) is 6.37. The minimum absolute atomic E-state index is 0.304. The normalized spacial score (nSPS) is 17.9. The Kier molecular flexibility index (Phi) is 3.50. The van der Waals surface area contributed by atoms with Gasteiger partial charge in [0.2, 0.25) is 0 Å². The summed E-state index contributed by atoms with van der Waals surface area (Å²) in [7, 11) is 0. The Morgan fingerprint density at radius 1 is 1.39 bits per heavy atom. The largest absolute Gasteiger partial charge is 0.480 e. The molecule has 0 bridgehead atoms. The Balaban J connectivity index is 2.22. The summed E-state index contributed by atoms with van der Waals surface area (Å²) < 4.78 is 0. The molecule has 0 amide bonds. The van der Waals surface area contributed by atoms with E-state index in [1.165, 1.54) is 6.33 Å². The Morgan fingerprint density at radius 3 is 2.61 bits per heavy atom. The van der Waals surface area contributed by atoms with Crippen LogP contribution in [0.3, 0.4) is 0 Å². The summed E-state index contributed by atoms with van der Waals surface area (Å²) in [5.41, 5.74) is 0.0776. The standard InChI is InChI=1S/C13H19N3O2/c1-9(2)10-7-11(15-8-14-10)16-13(12(17)18)5-3-4-6-13/h7-9H,3-6H2,1-2H3,(H,17,18)(H,14,15,16). The van der Waals surface area contributed by atoms with Crippen LogP contribution in [-0.2, 0) is 4.79 Å². The average Bonchev–Trinajstić information content (AvgIpc) is 2.79. The van der Waals surface area contributed by atoms with Crippen LogP contribution in [0.1, 0.15) is 51.1 Å². The molecule has 1 aromatic rings. The predicted molar refractivity (Wildman–Crippen MR) is 68.6 cm³/mol. The third-order valence-electron chi connectivity index (χ3n) is 3.51. The topological polar surface area (TPSA) is 75.1 Å². The van der Waals surface area contributed by atoms with Gasteiger partial charge in [0.15, 0.2) is 0 Å². The zero-order valence-corrected chi connectivity index (χ0v) is 10.8. The summed E-state index contributed by atoms with van der Waals surface area (Å²) in [5.74, 6) is 0.126. The zero-order valence-electron chi connectivity index (χ0n) is 10.8. The molecule has 1 fully saturated rings. The van der Waals surface area contributed by atoms with Crippen molar-refractivity contribution >= 4 is 11.8 Å². The maximum atomic E-state index is 11.4. The van der Waals surface area contributed by atoms with E-state index in [0.717, 1.165) is 18.5 Å². The minimum Gasteiger partial charge on any atom is -0.480 e. The van der Waals surface area contributed by atoms with E-state index in [0.29, 0.717) is 24.6 Å². The van der Waals surface area contributed by atoms with Gasteiger partial charge < -0.3 is 10.4 Å². The van der Waals surface area contributed by atoms with Gasteiger partial charge in [-0.3, -0.25) is 0 Å². The first-order chi connectivity index (χ1) is 8.53. The van der Waals surface area contributed by atoms with Gasteiger partial charge in [0, 0.05) is 11.8 Å². The molecule has 2 N–H and O–H groups in total. The van der Waals surface area contributed by atoms with Gasteiger partial charge in [0.25, 0.3) is 0 Å². The molecule has 0 radical (unpaired) electrons. The van der Waals surface area contributed by atoms with E-state index in [9.17, 15) is 9.90 Å². The lowest BCUT2D eigenvalue weighted by molar-refractivity contribution is -0.142. The van der Waals surface area contributed by atoms with Gasteiger partial charge in [0.05, 0.1) is 0 Å². The van der Waals surface area contributed by atoms with Gasteiger partial charge in [-0.05, 0) is 18.8 Å². The van der Waals surface area contributed by atoms with E-state index in [1.807, 2.05) is 6.07 Å². The summed E-state index contributed by atoms with van der Waals surface area (Å²) in [6.07, 6.45) is 4.69. The maximum absolute atomic E-state index is 11.4. The molecule has 0 unspecified atom stereocenters. The fourth-order valence-corrected chi connectivity index (χ4v) is 2.37. The Labute approximate surface area is 107 Å². The Morgan fingerprint density at radius 2 is 2.06 bits per heavy atom. The molecule has 0 atom stereocenters. The molecular weight excluding hydrogens is 230 g/mol. The van der Waals surface area contributed by atoms with Crippen LogP contribution in [0.25, 0.3) is 0 Å². The van der Waals surface area contributed by atoms with Crippen molar-refractivity contribution in [3.05, 3.63) is 18.1 Å². The van der Waals surface area contributed by atoms with E-state index in [4.69, 9.17) is 0 Å². The average molecular weight is 249 g/mol. The van der Waals surface area contributed by atoms with Gasteiger partial charge in [0.1, 0.15) is 17.7 Å². The number of nitrogens with zero attached hydrogens (tertiary/aromatic N) is 2. The van der Waals surface area contributed by atoms with E-state index >= 15 is 0 Å². The number of rotatable bonds is 4. The number of aromatic nitrogens is 2. The van der Waals surface area contributed by atoms with Crippen LogP contribution in [0.2, 0.25) is 0 Å². The molecule has 1 aromatic heterocycles. The van der Waals surface area contributed by atoms with Crippen molar-refractivity contribution in [2.45, 2.75) is 51.0 Å². The van der Waals surface area contributed by atoms with Gasteiger partial charge >= 0.3 is 5.97 Å². The molecule has 1 aliphatic rings. The second kappa shape index (κ2) is 4.92. The summed E-state index contributed by atoms with van der Waals surface area (Å²) in [6, 6.07) is 1.84. The predicted octanol–water partition coefficient (Wildman–Crippen LogP) is 2.41. The monoisotopic (exact) mass is 249 g/mol. The van der Waals surface area contributed by atoms with Gasteiger partial charge in [-0.25, -0.2) is 14.8 Å². The number of carbonyl (C=O) groups is 1. The number of aliphatic carboxylic acids is 1. The number of carboxylic acid groups (broad SMARTS) is 1. The zero-order chi connectivity index (χ0) is 13.2. The van der Waals surface area contributed by atoms with Crippen LogP contribution in [-0.4, -0.2) is 26.6 Å². The lowest BCUT2D eigenvalue weighted by atomic mass is 9.98. The second-order valence-corrected chi connectivity index (χ2v) is 5.20. The molecule has 18 heavy (non-hydrogen) atoms. The van der Waals surface area contributed by atoms with Crippen molar-refractivity contribution in [1.29, 1.82) is 0 Å². The van der Waals surface area contributed by atoms with Crippen LogP contribution in [0.4, 0.5) is 5.82 Å². The highest BCUT2D eigenvalue weighted by Gasteiger charge is 2.41. The van der Waals surface area contributed by atoms with Crippen LogP contribution < -0.4 is 5.32 Å². The maximum Gasteiger partial charge on any atom is 0.329 e. The highest BCUT2D eigenvalue weighted by atomic mass is 16.4. The fraction of sp³-hybridized carbons (Fsp3) is 0.615. The molecule has 2 rings (SSSR count).